The van der Waals surface area contributed by atoms with Gasteiger partial charge in [0.05, 0.1) is 6.10 Å². The van der Waals surface area contributed by atoms with Crippen molar-refractivity contribution in [3.63, 3.8) is 0 Å². The molecule has 16 heavy (non-hydrogen) atoms. The third-order valence-corrected chi connectivity index (χ3v) is 2.97. The second kappa shape index (κ2) is 7.87. The molecule has 2 atom stereocenters. The number of nitrogens with zero attached hydrogens (tertiary/aromatic N) is 1. The van der Waals surface area contributed by atoms with Crippen LogP contribution in [0.25, 0.3) is 0 Å². The van der Waals surface area contributed by atoms with Gasteiger partial charge in [0, 0.05) is 13.2 Å². The number of rotatable bonds is 5. The second-order valence-electron chi connectivity index (χ2n) is 4.19. The summed E-state index contributed by atoms with van der Waals surface area (Å²) in [6.07, 6.45) is 4.25. The summed E-state index contributed by atoms with van der Waals surface area (Å²) in [7, 11) is 1.86. The molecule has 0 radical (unpaired) electrons. The van der Waals surface area contributed by atoms with Crippen molar-refractivity contribution < 1.29 is 14.6 Å². The highest BCUT2D eigenvalue weighted by molar-refractivity contribution is 5.85. The number of carbonyl (C=O) groups is 1. The highest BCUT2D eigenvalue weighted by atomic mass is 35.5. The monoisotopic (exact) mass is 251 g/mol. The van der Waals surface area contributed by atoms with Crippen molar-refractivity contribution in [1.29, 1.82) is 0 Å². The Bertz CT molecular complexity index is 207. The third kappa shape index (κ3) is 4.68. The molecule has 1 aliphatic rings. The van der Waals surface area contributed by atoms with Crippen LogP contribution in [0.4, 0.5) is 0 Å². The summed E-state index contributed by atoms with van der Waals surface area (Å²) < 4.78 is 5.59. The van der Waals surface area contributed by atoms with Gasteiger partial charge in [0.1, 0.15) is 6.04 Å². The van der Waals surface area contributed by atoms with Crippen LogP contribution in [-0.2, 0) is 9.53 Å². The first-order valence-corrected chi connectivity index (χ1v) is 5.69. The molecule has 5 heteroatoms. The van der Waals surface area contributed by atoms with Crippen molar-refractivity contribution in [2.45, 2.75) is 44.8 Å². The summed E-state index contributed by atoms with van der Waals surface area (Å²) in [4.78, 5) is 12.8. The Kier molecular flexibility index (Phi) is 7.72. The maximum atomic E-state index is 10.9. The minimum atomic E-state index is -0.740. The summed E-state index contributed by atoms with van der Waals surface area (Å²) >= 11 is 0. The van der Waals surface area contributed by atoms with E-state index in [1.165, 1.54) is 6.42 Å². The lowest BCUT2D eigenvalue weighted by atomic mass is 10.1. The van der Waals surface area contributed by atoms with Gasteiger partial charge in [-0.1, -0.05) is 6.92 Å². The van der Waals surface area contributed by atoms with Crippen LogP contribution in [0, 0.1) is 0 Å². The first-order chi connectivity index (χ1) is 7.15. The lowest BCUT2D eigenvalue weighted by Gasteiger charge is -2.30. The average Bonchev–Trinajstić information content (AvgIpc) is 2.19. The molecule has 1 heterocycles. The fourth-order valence-electron chi connectivity index (χ4n) is 2.07. The van der Waals surface area contributed by atoms with Crippen molar-refractivity contribution in [3.8, 4) is 0 Å². The van der Waals surface area contributed by atoms with Crippen LogP contribution < -0.4 is 0 Å². The number of halogens is 1. The highest BCUT2D eigenvalue weighted by Crippen LogP contribution is 2.15. The lowest BCUT2D eigenvalue weighted by molar-refractivity contribution is -0.143. The zero-order valence-corrected chi connectivity index (χ0v) is 10.8. The van der Waals surface area contributed by atoms with Crippen molar-refractivity contribution in [2.75, 3.05) is 20.2 Å². The number of carboxylic acids is 1. The number of carboxylic acid groups (broad SMARTS) is 1. The van der Waals surface area contributed by atoms with Crippen LogP contribution in [0.15, 0.2) is 0 Å². The molecule has 1 rings (SSSR count). The van der Waals surface area contributed by atoms with Gasteiger partial charge in [-0.3, -0.25) is 9.69 Å². The summed E-state index contributed by atoms with van der Waals surface area (Å²) in [5, 5.41) is 8.99. The minimum Gasteiger partial charge on any atom is -0.480 e. The largest absolute Gasteiger partial charge is 0.480 e. The molecular weight excluding hydrogens is 230 g/mol. The normalized spacial score (nSPS) is 22.6. The van der Waals surface area contributed by atoms with Crippen LogP contribution in [-0.4, -0.2) is 48.3 Å². The van der Waals surface area contributed by atoms with E-state index in [-0.39, 0.29) is 24.6 Å². The van der Waals surface area contributed by atoms with Gasteiger partial charge < -0.3 is 9.84 Å². The van der Waals surface area contributed by atoms with Crippen molar-refractivity contribution in [2.24, 2.45) is 0 Å². The van der Waals surface area contributed by atoms with Gasteiger partial charge in [-0.15, -0.1) is 12.4 Å². The maximum absolute atomic E-state index is 10.9. The van der Waals surface area contributed by atoms with Crippen LogP contribution in [0.3, 0.4) is 0 Å². The predicted molar refractivity (Wildman–Crippen MR) is 65.2 cm³/mol. The molecule has 0 bridgehead atoms. The molecular formula is C11H22ClNO3. The number of ether oxygens (including phenoxy) is 1. The van der Waals surface area contributed by atoms with Crippen molar-refractivity contribution in [3.05, 3.63) is 0 Å². The molecule has 0 aromatic heterocycles. The molecule has 1 saturated heterocycles. The molecule has 1 fully saturated rings. The second-order valence-corrected chi connectivity index (χ2v) is 4.19. The van der Waals surface area contributed by atoms with Gasteiger partial charge in [-0.25, -0.2) is 0 Å². The van der Waals surface area contributed by atoms with E-state index in [2.05, 4.69) is 0 Å². The molecule has 96 valence electrons. The van der Waals surface area contributed by atoms with E-state index in [4.69, 9.17) is 9.84 Å². The quantitative estimate of drug-likeness (QED) is 0.809. The Morgan fingerprint density at radius 1 is 1.56 bits per heavy atom. The zero-order chi connectivity index (χ0) is 11.3. The van der Waals surface area contributed by atoms with E-state index >= 15 is 0 Å². The first-order valence-electron chi connectivity index (χ1n) is 5.69. The molecule has 1 aliphatic heterocycles. The van der Waals surface area contributed by atoms with E-state index < -0.39 is 5.97 Å². The molecule has 0 saturated carbocycles. The number of aliphatic carboxylic acids is 1. The molecule has 0 amide bonds. The summed E-state index contributed by atoms with van der Waals surface area (Å²) in [6, 6.07) is -0.379. The van der Waals surface area contributed by atoms with Crippen molar-refractivity contribution in [1.82, 2.24) is 4.90 Å². The molecule has 4 nitrogen and oxygen atoms in total. The summed E-state index contributed by atoms with van der Waals surface area (Å²) in [6.45, 7) is 3.45. The third-order valence-electron chi connectivity index (χ3n) is 2.97. The van der Waals surface area contributed by atoms with Gasteiger partial charge in [0.15, 0.2) is 0 Å². The summed E-state index contributed by atoms with van der Waals surface area (Å²) in [5.74, 6) is -0.740. The average molecular weight is 252 g/mol. The number of hydrogen-bond acceptors (Lipinski definition) is 3. The minimum absolute atomic E-state index is 0. The molecule has 0 aliphatic carbocycles. The van der Waals surface area contributed by atoms with Crippen LogP contribution in [0.2, 0.25) is 0 Å². The SMILES string of the molecule is CCC(C(=O)O)N(C)CC1CCCCO1.Cl. The number of likely N-dealkylation sites (N-methyl/N-ethyl adjacent to an activating group) is 1. The molecule has 2 unspecified atom stereocenters. The van der Waals surface area contributed by atoms with Crippen LogP contribution >= 0.6 is 12.4 Å². The van der Waals surface area contributed by atoms with Crippen LogP contribution in [0.1, 0.15) is 32.6 Å². The molecule has 0 aromatic rings. The van der Waals surface area contributed by atoms with Gasteiger partial charge in [0.2, 0.25) is 0 Å². The van der Waals surface area contributed by atoms with Gasteiger partial charge in [0.25, 0.3) is 0 Å². The van der Waals surface area contributed by atoms with Gasteiger partial charge in [-0.05, 0) is 32.7 Å². The van der Waals surface area contributed by atoms with Gasteiger partial charge >= 0.3 is 5.97 Å². The Balaban J connectivity index is 0.00000225. The smallest absolute Gasteiger partial charge is 0.320 e. The zero-order valence-electron chi connectivity index (χ0n) is 10.0. The Labute approximate surface area is 103 Å². The van der Waals surface area contributed by atoms with E-state index in [0.29, 0.717) is 6.42 Å². The van der Waals surface area contributed by atoms with Crippen molar-refractivity contribution >= 4 is 18.4 Å². The van der Waals surface area contributed by atoms with E-state index in [9.17, 15) is 4.79 Å². The topological polar surface area (TPSA) is 49.8 Å². The van der Waals surface area contributed by atoms with E-state index in [1.807, 2.05) is 18.9 Å². The first kappa shape index (κ1) is 15.7. The molecule has 1 N–H and O–H groups in total. The maximum Gasteiger partial charge on any atom is 0.320 e. The predicted octanol–water partition coefficient (Wildman–Crippen LogP) is 1.77. The van der Waals surface area contributed by atoms with E-state index in [0.717, 1.165) is 26.0 Å². The summed E-state index contributed by atoms with van der Waals surface area (Å²) in [5.41, 5.74) is 0. The van der Waals surface area contributed by atoms with Crippen LogP contribution in [0.5, 0.6) is 0 Å². The Morgan fingerprint density at radius 2 is 2.25 bits per heavy atom. The highest BCUT2D eigenvalue weighted by Gasteiger charge is 2.24. The fourth-order valence-corrected chi connectivity index (χ4v) is 2.07. The molecule has 0 aromatic carbocycles. The Hall–Kier alpha value is -0.320. The van der Waals surface area contributed by atoms with E-state index in [1.54, 1.807) is 0 Å². The fraction of sp³-hybridized carbons (Fsp3) is 0.909. The van der Waals surface area contributed by atoms with Gasteiger partial charge in [-0.2, -0.15) is 0 Å². The number of hydrogen-bond donors (Lipinski definition) is 1. The standard InChI is InChI=1S/C11H21NO3.ClH/c1-3-10(11(13)14)12(2)8-9-6-4-5-7-15-9;/h9-10H,3-8H2,1-2H3,(H,13,14);1H. The Morgan fingerprint density at radius 3 is 2.69 bits per heavy atom. The molecule has 0 spiro atoms. The lowest BCUT2D eigenvalue weighted by Crippen LogP contribution is -2.43.